The van der Waals surface area contributed by atoms with Crippen molar-refractivity contribution in [2.24, 2.45) is 0 Å². The van der Waals surface area contributed by atoms with E-state index >= 15 is 0 Å². The van der Waals surface area contributed by atoms with Gasteiger partial charge >= 0.3 is 0 Å². The molecule has 1 aromatic rings. The molecule has 1 atom stereocenters. The Morgan fingerprint density at radius 2 is 2.35 bits per heavy atom. The molecule has 0 aromatic carbocycles. The third kappa shape index (κ3) is 5.48. The zero-order valence-corrected chi connectivity index (χ0v) is 14.2. The van der Waals surface area contributed by atoms with Crippen molar-refractivity contribution in [3.8, 4) is 0 Å². The molecule has 2 rings (SSSR count). The van der Waals surface area contributed by atoms with Crippen LogP contribution in [0.25, 0.3) is 0 Å². The van der Waals surface area contributed by atoms with Gasteiger partial charge in [-0.05, 0) is 31.9 Å². The predicted molar refractivity (Wildman–Crippen MR) is 91.3 cm³/mol. The first-order valence-corrected chi connectivity index (χ1v) is 8.36. The second-order valence-electron chi connectivity index (χ2n) is 5.95. The van der Waals surface area contributed by atoms with Gasteiger partial charge in [-0.25, -0.2) is 4.98 Å². The van der Waals surface area contributed by atoms with Gasteiger partial charge in [0.1, 0.15) is 12.4 Å². The Labute approximate surface area is 138 Å². The molecule has 0 saturated carbocycles. The van der Waals surface area contributed by atoms with Gasteiger partial charge in [-0.2, -0.15) is 0 Å². The number of amides is 1. The summed E-state index contributed by atoms with van der Waals surface area (Å²) < 4.78 is 4.84. The Morgan fingerprint density at radius 1 is 1.48 bits per heavy atom. The van der Waals surface area contributed by atoms with E-state index in [0.29, 0.717) is 12.6 Å². The molecule has 2 N–H and O–H groups in total. The van der Waals surface area contributed by atoms with E-state index in [2.05, 4.69) is 26.6 Å². The molecule has 128 valence electrons. The van der Waals surface area contributed by atoms with Crippen molar-refractivity contribution in [1.29, 1.82) is 0 Å². The number of anilines is 1. The number of rotatable bonds is 8. The highest BCUT2D eigenvalue weighted by molar-refractivity contribution is 5.77. The summed E-state index contributed by atoms with van der Waals surface area (Å²) >= 11 is 0. The van der Waals surface area contributed by atoms with Gasteiger partial charge in [0.15, 0.2) is 0 Å². The standard InChI is InChI=1S/C17H28N4O2/c1-18-17-14(6-5-9-20-17)12-21-11-4-3-7-15(21)8-10-19-16(22)13-23-2/h5-6,9,15H,3-4,7-8,10-13H2,1-2H3,(H,18,20)(H,19,22). The zero-order chi connectivity index (χ0) is 16.5. The maximum Gasteiger partial charge on any atom is 0.245 e. The Hall–Kier alpha value is -1.66. The van der Waals surface area contributed by atoms with E-state index in [9.17, 15) is 4.79 Å². The fourth-order valence-corrected chi connectivity index (χ4v) is 3.17. The Balaban J connectivity index is 1.89. The number of pyridine rings is 1. The lowest BCUT2D eigenvalue weighted by molar-refractivity contribution is -0.124. The number of hydrogen-bond donors (Lipinski definition) is 2. The smallest absolute Gasteiger partial charge is 0.245 e. The molecule has 6 nitrogen and oxygen atoms in total. The lowest BCUT2D eigenvalue weighted by atomic mass is 9.98. The predicted octanol–water partition coefficient (Wildman–Crippen LogP) is 1.63. The summed E-state index contributed by atoms with van der Waals surface area (Å²) in [5, 5.41) is 6.09. The number of carbonyl (C=O) groups excluding carboxylic acids is 1. The second kappa shape index (κ2) is 9.47. The van der Waals surface area contributed by atoms with Crippen LogP contribution in [0.15, 0.2) is 18.3 Å². The number of ether oxygens (including phenoxy) is 1. The maximum absolute atomic E-state index is 11.5. The van der Waals surface area contributed by atoms with Crippen LogP contribution >= 0.6 is 0 Å². The molecule has 23 heavy (non-hydrogen) atoms. The summed E-state index contributed by atoms with van der Waals surface area (Å²) in [6.07, 6.45) is 6.48. The monoisotopic (exact) mass is 320 g/mol. The van der Waals surface area contributed by atoms with Gasteiger partial charge in [0, 0.05) is 45.0 Å². The first-order chi connectivity index (χ1) is 11.2. The summed E-state index contributed by atoms with van der Waals surface area (Å²) in [7, 11) is 3.44. The van der Waals surface area contributed by atoms with E-state index in [1.54, 1.807) is 0 Å². The SMILES string of the molecule is CNc1ncccc1CN1CCCCC1CCNC(=O)COC. The fraction of sp³-hybridized carbons (Fsp3) is 0.647. The highest BCUT2D eigenvalue weighted by Gasteiger charge is 2.23. The fourth-order valence-electron chi connectivity index (χ4n) is 3.17. The molecule has 1 unspecified atom stereocenters. The van der Waals surface area contributed by atoms with Crippen molar-refractivity contribution in [1.82, 2.24) is 15.2 Å². The van der Waals surface area contributed by atoms with Crippen molar-refractivity contribution in [2.75, 3.05) is 39.2 Å². The lowest BCUT2D eigenvalue weighted by Crippen LogP contribution is -2.41. The number of nitrogens with one attached hydrogen (secondary N) is 2. The van der Waals surface area contributed by atoms with Gasteiger partial charge in [0.05, 0.1) is 0 Å². The molecule has 0 spiro atoms. The van der Waals surface area contributed by atoms with E-state index in [1.165, 1.54) is 31.9 Å². The molecule has 2 heterocycles. The first kappa shape index (κ1) is 17.7. The van der Waals surface area contributed by atoms with Crippen molar-refractivity contribution in [3.05, 3.63) is 23.9 Å². The number of piperidine rings is 1. The molecule has 1 amide bonds. The molecule has 1 aliphatic rings. The molecule has 0 aliphatic carbocycles. The molecule has 1 aromatic heterocycles. The quantitative estimate of drug-likeness (QED) is 0.762. The highest BCUT2D eigenvalue weighted by Crippen LogP contribution is 2.23. The van der Waals surface area contributed by atoms with Gasteiger partial charge in [-0.1, -0.05) is 12.5 Å². The van der Waals surface area contributed by atoms with Gasteiger partial charge in [-0.15, -0.1) is 0 Å². The molecule has 6 heteroatoms. The summed E-state index contributed by atoms with van der Waals surface area (Å²) in [6, 6.07) is 4.63. The highest BCUT2D eigenvalue weighted by atomic mass is 16.5. The number of aromatic nitrogens is 1. The number of carbonyl (C=O) groups is 1. The summed E-state index contributed by atoms with van der Waals surface area (Å²) in [5.41, 5.74) is 1.23. The minimum atomic E-state index is -0.0420. The summed E-state index contributed by atoms with van der Waals surface area (Å²) in [6.45, 7) is 2.85. The Morgan fingerprint density at radius 3 is 3.13 bits per heavy atom. The van der Waals surface area contributed by atoms with Crippen LogP contribution in [0.2, 0.25) is 0 Å². The van der Waals surface area contributed by atoms with Crippen LogP contribution in [0.1, 0.15) is 31.2 Å². The first-order valence-electron chi connectivity index (χ1n) is 8.36. The van der Waals surface area contributed by atoms with Crippen LogP contribution in [-0.2, 0) is 16.1 Å². The molecule has 1 aliphatic heterocycles. The number of nitrogens with zero attached hydrogens (tertiary/aromatic N) is 2. The lowest BCUT2D eigenvalue weighted by Gasteiger charge is -2.36. The molecule has 1 saturated heterocycles. The number of hydrogen-bond acceptors (Lipinski definition) is 5. The molecular weight excluding hydrogens is 292 g/mol. The van der Waals surface area contributed by atoms with E-state index in [0.717, 1.165) is 25.3 Å². The van der Waals surface area contributed by atoms with Crippen LogP contribution < -0.4 is 10.6 Å². The van der Waals surface area contributed by atoms with Crippen LogP contribution in [0.4, 0.5) is 5.82 Å². The Bertz CT molecular complexity index is 495. The van der Waals surface area contributed by atoms with E-state index in [-0.39, 0.29) is 12.5 Å². The van der Waals surface area contributed by atoms with Gasteiger partial charge in [-0.3, -0.25) is 9.69 Å². The normalized spacial score (nSPS) is 18.6. The largest absolute Gasteiger partial charge is 0.375 e. The van der Waals surface area contributed by atoms with E-state index in [4.69, 9.17) is 4.74 Å². The number of likely N-dealkylation sites (tertiary alicyclic amines) is 1. The average Bonchev–Trinajstić information content (AvgIpc) is 2.57. The molecule has 0 bridgehead atoms. The van der Waals surface area contributed by atoms with Gasteiger partial charge < -0.3 is 15.4 Å². The van der Waals surface area contributed by atoms with Crippen molar-refractivity contribution >= 4 is 11.7 Å². The second-order valence-corrected chi connectivity index (χ2v) is 5.95. The van der Waals surface area contributed by atoms with Crippen molar-refractivity contribution in [2.45, 2.75) is 38.3 Å². The Kier molecular flexibility index (Phi) is 7.29. The summed E-state index contributed by atoms with van der Waals surface area (Å²) in [4.78, 5) is 18.4. The minimum Gasteiger partial charge on any atom is -0.375 e. The third-order valence-corrected chi connectivity index (χ3v) is 4.33. The molecular formula is C17H28N4O2. The van der Waals surface area contributed by atoms with Crippen LogP contribution in [0.5, 0.6) is 0 Å². The maximum atomic E-state index is 11.5. The minimum absolute atomic E-state index is 0.0420. The van der Waals surface area contributed by atoms with Crippen LogP contribution in [-0.4, -0.2) is 55.7 Å². The average molecular weight is 320 g/mol. The summed E-state index contributed by atoms with van der Waals surface area (Å²) in [5.74, 6) is 0.907. The third-order valence-electron chi connectivity index (χ3n) is 4.33. The van der Waals surface area contributed by atoms with Gasteiger partial charge in [0.2, 0.25) is 5.91 Å². The number of methoxy groups -OCH3 is 1. The zero-order valence-electron chi connectivity index (χ0n) is 14.2. The molecule has 1 fully saturated rings. The van der Waals surface area contributed by atoms with Crippen LogP contribution in [0, 0.1) is 0 Å². The van der Waals surface area contributed by atoms with Crippen molar-refractivity contribution < 1.29 is 9.53 Å². The van der Waals surface area contributed by atoms with E-state index < -0.39 is 0 Å². The van der Waals surface area contributed by atoms with Crippen LogP contribution in [0.3, 0.4) is 0 Å². The van der Waals surface area contributed by atoms with Crippen molar-refractivity contribution in [3.63, 3.8) is 0 Å². The topological polar surface area (TPSA) is 66.5 Å². The van der Waals surface area contributed by atoms with Gasteiger partial charge in [0.25, 0.3) is 0 Å². The molecule has 0 radical (unpaired) electrons. The van der Waals surface area contributed by atoms with E-state index in [1.807, 2.05) is 19.3 Å².